The van der Waals surface area contributed by atoms with Gasteiger partial charge >= 0.3 is 0 Å². The number of rotatable bonds is 3. The molecule has 1 aliphatic heterocycles. The van der Waals surface area contributed by atoms with Crippen molar-refractivity contribution < 1.29 is 4.79 Å². The quantitative estimate of drug-likeness (QED) is 0.910. The number of nitrogens with zero attached hydrogens (tertiary/aromatic N) is 4. The SMILES string of the molecule is CC1(CN)CCN(C(=O)c2cccc(-n3cccn3)n2)C1.Cl.Cl. The molecule has 1 fully saturated rings. The number of halogens is 2. The molecular formula is C15H21Cl2N5O. The van der Waals surface area contributed by atoms with E-state index in [1.165, 1.54) is 0 Å². The van der Waals surface area contributed by atoms with E-state index in [2.05, 4.69) is 17.0 Å². The number of carbonyl (C=O) groups excluding carboxylic acids is 1. The Balaban J connectivity index is 0.00000132. The van der Waals surface area contributed by atoms with Crippen LogP contribution in [0, 0.1) is 5.41 Å². The van der Waals surface area contributed by atoms with Gasteiger partial charge in [-0.3, -0.25) is 4.79 Å². The number of hydrogen-bond donors (Lipinski definition) is 1. The van der Waals surface area contributed by atoms with Gasteiger partial charge < -0.3 is 10.6 Å². The summed E-state index contributed by atoms with van der Waals surface area (Å²) in [6.07, 6.45) is 4.43. The minimum atomic E-state index is -0.0406. The lowest BCUT2D eigenvalue weighted by Gasteiger charge is -2.22. The van der Waals surface area contributed by atoms with Crippen molar-refractivity contribution in [1.82, 2.24) is 19.7 Å². The summed E-state index contributed by atoms with van der Waals surface area (Å²) in [6.45, 7) is 4.14. The maximum Gasteiger partial charge on any atom is 0.272 e. The molecule has 2 aromatic rings. The molecule has 0 radical (unpaired) electrons. The Morgan fingerprint density at radius 1 is 1.35 bits per heavy atom. The van der Waals surface area contributed by atoms with E-state index in [0.717, 1.165) is 13.0 Å². The van der Waals surface area contributed by atoms with Gasteiger partial charge in [-0.2, -0.15) is 5.10 Å². The number of likely N-dealkylation sites (tertiary alicyclic amines) is 1. The highest BCUT2D eigenvalue weighted by Crippen LogP contribution is 2.29. The minimum Gasteiger partial charge on any atom is -0.337 e. The minimum absolute atomic E-state index is 0. The molecule has 3 heterocycles. The van der Waals surface area contributed by atoms with E-state index >= 15 is 0 Å². The Hall–Kier alpha value is -1.63. The zero-order chi connectivity index (χ0) is 14.9. The van der Waals surface area contributed by atoms with Gasteiger partial charge in [0.15, 0.2) is 5.82 Å². The van der Waals surface area contributed by atoms with Crippen molar-refractivity contribution in [2.45, 2.75) is 13.3 Å². The third-order valence-corrected chi connectivity index (χ3v) is 4.03. The van der Waals surface area contributed by atoms with Crippen molar-refractivity contribution in [2.75, 3.05) is 19.6 Å². The molecule has 1 aliphatic rings. The molecule has 3 rings (SSSR count). The summed E-state index contributed by atoms with van der Waals surface area (Å²) in [7, 11) is 0. The Bertz CT molecular complexity index is 649. The molecule has 1 unspecified atom stereocenters. The van der Waals surface area contributed by atoms with Crippen molar-refractivity contribution in [3.63, 3.8) is 0 Å². The van der Waals surface area contributed by atoms with Crippen LogP contribution in [0.4, 0.5) is 0 Å². The topological polar surface area (TPSA) is 77.0 Å². The van der Waals surface area contributed by atoms with E-state index in [-0.39, 0.29) is 36.1 Å². The highest BCUT2D eigenvalue weighted by molar-refractivity contribution is 5.92. The summed E-state index contributed by atoms with van der Waals surface area (Å²) in [5.41, 5.74) is 6.26. The van der Waals surface area contributed by atoms with E-state index in [0.29, 0.717) is 24.6 Å². The van der Waals surface area contributed by atoms with Gasteiger partial charge in [-0.15, -0.1) is 24.8 Å². The highest BCUT2D eigenvalue weighted by atomic mass is 35.5. The van der Waals surface area contributed by atoms with Crippen LogP contribution in [-0.4, -0.2) is 45.2 Å². The monoisotopic (exact) mass is 357 g/mol. The Labute approximate surface area is 147 Å². The van der Waals surface area contributed by atoms with Gasteiger partial charge in [-0.25, -0.2) is 9.67 Å². The van der Waals surface area contributed by atoms with Gasteiger partial charge in [-0.1, -0.05) is 13.0 Å². The maximum atomic E-state index is 12.6. The van der Waals surface area contributed by atoms with Crippen molar-refractivity contribution in [3.8, 4) is 5.82 Å². The number of pyridine rings is 1. The van der Waals surface area contributed by atoms with E-state index in [9.17, 15) is 4.79 Å². The summed E-state index contributed by atoms with van der Waals surface area (Å²) in [5, 5.41) is 4.13. The largest absolute Gasteiger partial charge is 0.337 e. The van der Waals surface area contributed by atoms with E-state index in [4.69, 9.17) is 5.73 Å². The zero-order valence-corrected chi connectivity index (χ0v) is 14.5. The lowest BCUT2D eigenvalue weighted by molar-refractivity contribution is 0.0771. The third kappa shape index (κ3) is 4.02. The molecule has 23 heavy (non-hydrogen) atoms. The van der Waals surface area contributed by atoms with Crippen LogP contribution in [0.3, 0.4) is 0 Å². The van der Waals surface area contributed by atoms with Crippen molar-refractivity contribution in [1.29, 1.82) is 0 Å². The normalized spacial score (nSPS) is 19.8. The second kappa shape index (κ2) is 7.77. The smallest absolute Gasteiger partial charge is 0.272 e. The number of amides is 1. The molecule has 0 aromatic carbocycles. The van der Waals surface area contributed by atoms with E-state index in [1.807, 2.05) is 23.1 Å². The predicted octanol–water partition coefficient (Wildman–Crippen LogP) is 1.92. The van der Waals surface area contributed by atoms with Crippen molar-refractivity contribution in [2.24, 2.45) is 11.1 Å². The Morgan fingerprint density at radius 2 is 2.13 bits per heavy atom. The van der Waals surface area contributed by atoms with Crippen LogP contribution < -0.4 is 5.73 Å². The molecule has 6 nitrogen and oxygen atoms in total. The maximum absolute atomic E-state index is 12.6. The molecular weight excluding hydrogens is 337 g/mol. The first-order chi connectivity index (χ1) is 10.1. The van der Waals surface area contributed by atoms with Gasteiger partial charge in [0, 0.05) is 25.5 Å². The first kappa shape index (κ1) is 19.4. The molecule has 0 aliphatic carbocycles. The van der Waals surface area contributed by atoms with E-state index < -0.39 is 0 Å². The number of hydrogen-bond acceptors (Lipinski definition) is 4. The summed E-state index contributed by atoms with van der Waals surface area (Å²) in [5.74, 6) is 0.604. The third-order valence-electron chi connectivity index (χ3n) is 4.03. The molecule has 0 spiro atoms. The molecule has 1 amide bonds. The van der Waals surface area contributed by atoms with Crippen LogP contribution in [0.25, 0.3) is 5.82 Å². The molecule has 1 saturated heterocycles. The second-order valence-corrected chi connectivity index (χ2v) is 5.82. The lowest BCUT2D eigenvalue weighted by Crippen LogP contribution is -2.34. The van der Waals surface area contributed by atoms with Gasteiger partial charge in [0.05, 0.1) is 0 Å². The Morgan fingerprint density at radius 3 is 2.74 bits per heavy atom. The fourth-order valence-corrected chi connectivity index (χ4v) is 2.60. The second-order valence-electron chi connectivity index (χ2n) is 5.82. The fourth-order valence-electron chi connectivity index (χ4n) is 2.60. The highest BCUT2D eigenvalue weighted by Gasteiger charge is 2.35. The van der Waals surface area contributed by atoms with Gasteiger partial charge in [0.1, 0.15) is 5.69 Å². The molecule has 1 atom stereocenters. The van der Waals surface area contributed by atoms with Gasteiger partial charge in [0.2, 0.25) is 0 Å². The average molecular weight is 358 g/mol. The summed E-state index contributed by atoms with van der Waals surface area (Å²) in [4.78, 5) is 18.8. The predicted molar refractivity (Wildman–Crippen MR) is 93.5 cm³/mol. The van der Waals surface area contributed by atoms with Crippen LogP contribution in [0.2, 0.25) is 0 Å². The van der Waals surface area contributed by atoms with Crippen molar-refractivity contribution in [3.05, 3.63) is 42.4 Å². The molecule has 126 valence electrons. The van der Waals surface area contributed by atoms with Crippen LogP contribution in [-0.2, 0) is 0 Å². The van der Waals surface area contributed by atoms with Crippen LogP contribution in [0.15, 0.2) is 36.7 Å². The number of nitrogens with two attached hydrogens (primary N) is 1. The van der Waals surface area contributed by atoms with Crippen LogP contribution >= 0.6 is 24.8 Å². The van der Waals surface area contributed by atoms with Crippen molar-refractivity contribution >= 4 is 30.7 Å². The van der Waals surface area contributed by atoms with Gasteiger partial charge in [-0.05, 0) is 36.6 Å². The standard InChI is InChI=1S/C15H19N5O.2ClH/c1-15(10-16)6-9-19(11-15)14(21)12-4-2-5-13(18-12)20-8-3-7-17-20;;/h2-5,7-8H,6,9-11,16H2,1H3;2*1H. The lowest BCUT2D eigenvalue weighted by atomic mass is 9.90. The van der Waals surface area contributed by atoms with E-state index in [1.54, 1.807) is 23.1 Å². The summed E-state index contributed by atoms with van der Waals surface area (Å²) >= 11 is 0. The first-order valence-electron chi connectivity index (χ1n) is 7.08. The molecule has 0 bridgehead atoms. The fraction of sp³-hybridized carbons (Fsp3) is 0.400. The van der Waals surface area contributed by atoms with Crippen LogP contribution in [0.5, 0.6) is 0 Å². The van der Waals surface area contributed by atoms with Gasteiger partial charge in [0.25, 0.3) is 5.91 Å². The number of carbonyl (C=O) groups is 1. The average Bonchev–Trinajstić information content (AvgIpc) is 3.17. The summed E-state index contributed by atoms with van der Waals surface area (Å²) in [6, 6.07) is 7.23. The molecule has 0 saturated carbocycles. The summed E-state index contributed by atoms with van der Waals surface area (Å²) < 4.78 is 1.64. The zero-order valence-electron chi connectivity index (χ0n) is 12.9. The molecule has 2 N–H and O–H groups in total. The number of aromatic nitrogens is 3. The molecule has 2 aromatic heterocycles. The molecule has 8 heteroatoms. The van der Waals surface area contributed by atoms with Crippen LogP contribution in [0.1, 0.15) is 23.8 Å². The Kier molecular flexibility index (Phi) is 6.56. The first-order valence-corrected chi connectivity index (χ1v) is 7.08.